The fourth-order valence-corrected chi connectivity index (χ4v) is 2.42. The van der Waals surface area contributed by atoms with Gasteiger partial charge in [-0.2, -0.15) is 0 Å². The number of amides is 1. The highest BCUT2D eigenvalue weighted by atomic mass is 16.5. The minimum atomic E-state index is -0.437. The number of piperidine rings is 1. The van der Waals surface area contributed by atoms with E-state index >= 15 is 0 Å². The van der Waals surface area contributed by atoms with Gasteiger partial charge in [0.05, 0.1) is 7.11 Å². The second-order valence-electron chi connectivity index (χ2n) is 4.90. The molecule has 2 rings (SSSR count). The summed E-state index contributed by atoms with van der Waals surface area (Å²) in [6, 6.07) is 6.99. The summed E-state index contributed by atoms with van der Waals surface area (Å²) >= 11 is 0. The topological polar surface area (TPSA) is 46.6 Å². The number of nitrogens with zero attached hydrogens (tertiary/aromatic N) is 1. The molecule has 0 bridgehead atoms. The van der Waals surface area contributed by atoms with E-state index in [0.717, 1.165) is 18.4 Å². The number of esters is 1. The smallest absolute Gasteiger partial charge is 0.328 e. The van der Waals surface area contributed by atoms with E-state index in [4.69, 9.17) is 4.74 Å². The maximum absolute atomic E-state index is 12.5. The third kappa shape index (κ3) is 2.95. The first-order valence-electron chi connectivity index (χ1n) is 6.59. The molecule has 102 valence electrons. The zero-order valence-electron chi connectivity index (χ0n) is 11.4. The normalized spacial score (nSPS) is 19.1. The zero-order valence-corrected chi connectivity index (χ0v) is 11.4. The number of carbonyl (C=O) groups is 2. The maximum Gasteiger partial charge on any atom is 0.328 e. The highest BCUT2D eigenvalue weighted by Crippen LogP contribution is 2.20. The summed E-state index contributed by atoms with van der Waals surface area (Å²) in [6.07, 6.45) is 2.58. The molecule has 1 fully saturated rings. The lowest BCUT2D eigenvalue weighted by atomic mass is 10.0. The Balaban J connectivity index is 2.20. The van der Waals surface area contributed by atoms with Crippen LogP contribution >= 0.6 is 0 Å². The third-order valence-corrected chi connectivity index (χ3v) is 3.54. The predicted molar refractivity (Wildman–Crippen MR) is 71.9 cm³/mol. The van der Waals surface area contributed by atoms with Gasteiger partial charge < -0.3 is 9.64 Å². The highest BCUT2D eigenvalue weighted by Gasteiger charge is 2.33. The van der Waals surface area contributed by atoms with Gasteiger partial charge in [-0.3, -0.25) is 4.79 Å². The third-order valence-electron chi connectivity index (χ3n) is 3.54. The van der Waals surface area contributed by atoms with Gasteiger partial charge in [0.15, 0.2) is 0 Å². The Bertz CT molecular complexity index is 467. The lowest BCUT2D eigenvalue weighted by molar-refractivity contribution is -0.147. The summed E-state index contributed by atoms with van der Waals surface area (Å²) in [5, 5.41) is 0. The summed E-state index contributed by atoms with van der Waals surface area (Å²) in [5.74, 6) is -0.407. The van der Waals surface area contributed by atoms with Gasteiger partial charge in [-0.1, -0.05) is 17.7 Å². The number of benzene rings is 1. The van der Waals surface area contributed by atoms with E-state index in [0.29, 0.717) is 18.5 Å². The quantitative estimate of drug-likeness (QED) is 0.766. The molecule has 0 aliphatic carbocycles. The summed E-state index contributed by atoms with van der Waals surface area (Å²) in [5.41, 5.74) is 1.74. The van der Waals surface area contributed by atoms with Gasteiger partial charge in [-0.15, -0.1) is 0 Å². The lowest BCUT2D eigenvalue weighted by Crippen LogP contribution is -2.48. The average Bonchev–Trinajstić information content (AvgIpc) is 2.46. The first-order valence-corrected chi connectivity index (χ1v) is 6.59. The Labute approximate surface area is 113 Å². The van der Waals surface area contributed by atoms with Crippen LogP contribution in [0.15, 0.2) is 24.3 Å². The molecule has 1 saturated heterocycles. The highest BCUT2D eigenvalue weighted by molar-refractivity contribution is 5.97. The van der Waals surface area contributed by atoms with Crippen LogP contribution in [0.1, 0.15) is 35.2 Å². The largest absolute Gasteiger partial charge is 0.467 e. The minimum Gasteiger partial charge on any atom is -0.467 e. The monoisotopic (exact) mass is 261 g/mol. The van der Waals surface area contributed by atoms with E-state index < -0.39 is 6.04 Å². The minimum absolute atomic E-state index is 0.0879. The molecule has 0 N–H and O–H groups in total. The van der Waals surface area contributed by atoms with Crippen molar-refractivity contribution in [2.45, 2.75) is 32.2 Å². The average molecular weight is 261 g/mol. The first kappa shape index (κ1) is 13.6. The Kier molecular flexibility index (Phi) is 4.20. The number of carbonyl (C=O) groups excluding carboxylic acids is 2. The van der Waals surface area contributed by atoms with Crippen molar-refractivity contribution in [1.29, 1.82) is 0 Å². The molecular weight excluding hydrogens is 242 g/mol. The standard InChI is InChI=1S/C15H19NO3/c1-11-6-8-12(9-7-11)14(17)16-10-4-3-5-13(16)15(18)19-2/h6-9,13H,3-5,10H2,1-2H3/t13-/m1/s1. The van der Waals surface area contributed by atoms with Gasteiger partial charge in [0.2, 0.25) is 0 Å². The molecule has 0 saturated carbocycles. The van der Waals surface area contributed by atoms with E-state index in [-0.39, 0.29) is 11.9 Å². The molecule has 0 aromatic heterocycles. The Morgan fingerprint density at radius 2 is 1.89 bits per heavy atom. The second kappa shape index (κ2) is 5.87. The van der Waals surface area contributed by atoms with Gasteiger partial charge in [0, 0.05) is 12.1 Å². The zero-order chi connectivity index (χ0) is 13.8. The predicted octanol–water partition coefficient (Wildman–Crippen LogP) is 2.16. The summed E-state index contributed by atoms with van der Waals surface area (Å²) < 4.78 is 4.79. The van der Waals surface area contributed by atoms with Gasteiger partial charge in [0.1, 0.15) is 6.04 Å². The van der Waals surface area contributed by atoms with Crippen LogP contribution in [0.25, 0.3) is 0 Å². The second-order valence-corrected chi connectivity index (χ2v) is 4.90. The van der Waals surface area contributed by atoms with Crippen molar-refractivity contribution >= 4 is 11.9 Å². The SMILES string of the molecule is COC(=O)[C@H]1CCCCN1C(=O)c1ccc(C)cc1. The van der Waals surface area contributed by atoms with Crippen LogP contribution in [-0.4, -0.2) is 36.5 Å². The molecule has 4 nitrogen and oxygen atoms in total. The van der Waals surface area contributed by atoms with Crippen LogP contribution in [-0.2, 0) is 9.53 Å². The van der Waals surface area contributed by atoms with Crippen molar-refractivity contribution in [3.63, 3.8) is 0 Å². The number of aryl methyl sites for hydroxylation is 1. The molecule has 1 aromatic carbocycles. The molecular formula is C15H19NO3. The molecule has 0 spiro atoms. The van der Waals surface area contributed by atoms with Gasteiger partial charge >= 0.3 is 5.97 Å². The fourth-order valence-electron chi connectivity index (χ4n) is 2.42. The van der Waals surface area contributed by atoms with Crippen LogP contribution in [0, 0.1) is 6.92 Å². The number of methoxy groups -OCH3 is 1. The van der Waals surface area contributed by atoms with Crippen molar-refractivity contribution in [3.8, 4) is 0 Å². The van der Waals surface area contributed by atoms with Gasteiger partial charge in [-0.25, -0.2) is 4.79 Å². The van der Waals surface area contributed by atoms with E-state index in [2.05, 4.69) is 0 Å². The molecule has 1 heterocycles. The molecule has 1 amide bonds. The molecule has 0 radical (unpaired) electrons. The van der Waals surface area contributed by atoms with Crippen molar-refractivity contribution in [3.05, 3.63) is 35.4 Å². The van der Waals surface area contributed by atoms with Crippen LogP contribution in [0.2, 0.25) is 0 Å². The fraction of sp³-hybridized carbons (Fsp3) is 0.467. The first-order chi connectivity index (χ1) is 9.13. The summed E-state index contributed by atoms with van der Waals surface area (Å²) in [4.78, 5) is 25.8. The molecule has 19 heavy (non-hydrogen) atoms. The summed E-state index contributed by atoms with van der Waals surface area (Å²) in [6.45, 7) is 2.60. The molecule has 4 heteroatoms. The van der Waals surface area contributed by atoms with Crippen molar-refractivity contribution < 1.29 is 14.3 Å². The maximum atomic E-state index is 12.5. The Morgan fingerprint density at radius 3 is 2.53 bits per heavy atom. The lowest BCUT2D eigenvalue weighted by Gasteiger charge is -2.33. The van der Waals surface area contributed by atoms with Crippen molar-refractivity contribution in [2.24, 2.45) is 0 Å². The number of hydrogen-bond donors (Lipinski definition) is 0. The van der Waals surface area contributed by atoms with Gasteiger partial charge in [-0.05, 0) is 38.3 Å². The van der Waals surface area contributed by atoms with Gasteiger partial charge in [0.25, 0.3) is 5.91 Å². The number of ether oxygens (including phenoxy) is 1. The number of hydrogen-bond acceptors (Lipinski definition) is 3. The van der Waals surface area contributed by atoms with Crippen molar-refractivity contribution in [1.82, 2.24) is 4.90 Å². The van der Waals surface area contributed by atoms with Crippen LogP contribution in [0.4, 0.5) is 0 Å². The van der Waals surface area contributed by atoms with Crippen LogP contribution < -0.4 is 0 Å². The molecule has 1 aliphatic rings. The number of rotatable bonds is 2. The molecule has 0 unspecified atom stereocenters. The Hall–Kier alpha value is -1.84. The van der Waals surface area contributed by atoms with E-state index in [1.165, 1.54) is 7.11 Å². The van der Waals surface area contributed by atoms with Crippen LogP contribution in [0.5, 0.6) is 0 Å². The summed E-state index contributed by atoms with van der Waals surface area (Å²) in [7, 11) is 1.37. The number of likely N-dealkylation sites (tertiary alicyclic amines) is 1. The molecule has 1 atom stereocenters. The molecule has 1 aliphatic heterocycles. The van der Waals surface area contributed by atoms with E-state index in [1.54, 1.807) is 17.0 Å². The van der Waals surface area contributed by atoms with E-state index in [1.807, 2.05) is 19.1 Å². The van der Waals surface area contributed by atoms with Crippen LogP contribution in [0.3, 0.4) is 0 Å². The van der Waals surface area contributed by atoms with E-state index in [9.17, 15) is 9.59 Å². The van der Waals surface area contributed by atoms with Crippen molar-refractivity contribution in [2.75, 3.05) is 13.7 Å². The Morgan fingerprint density at radius 1 is 1.21 bits per heavy atom. The molecule has 1 aromatic rings.